The quantitative estimate of drug-likeness (QED) is 0.625. The molecule has 2 unspecified atom stereocenters. The molecule has 110 valence electrons. The van der Waals surface area contributed by atoms with Crippen LogP contribution in [0.2, 0.25) is 0 Å². The molecule has 0 aliphatic rings. The number of hydrogen-bond acceptors (Lipinski definition) is 3. The van der Waals surface area contributed by atoms with Crippen LogP contribution in [0.3, 0.4) is 0 Å². The molecular formula is C16H17BrN2O2. The molecule has 0 aliphatic carbocycles. The number of nitro benzene ring substituents is 1. The second-order valence-electron chi connectivity index (χ2n) is 4.98. The van der Waals surface area contributed by atoms with Gasteiger partial charge in [-0.2, -0.15) is 0 Å². The molecule has 0 radical (unpaired) electrons. The zero-order chi connectivity index (χ0) is 15.4. The number of rotatable bonds is 5. The highest BCUT2D eigenvalue weighted by atomic mass is 79.9. The van der Waals surface area contributed by atoms with E-state index in [-0.39, 0.29) is 22.7 Å². The molecule has 21 heavy (non-hydrogen) atoms. The molecule has 0 bridgehead atoms. The van der Waals surface area contributed by atoms with Crippen LogP contribution >= 0.6 is 15.9 Å². The monoisotopic (exact) mass is 348 g/mol. The number of halogens is 1. The Balaban J connectivity index is 2.18. The van der Waals surface area contributed by atoms with E-state index in [1.165, 1.54) is 6.07 Å². The smallest absolute Gasteiger partial charge is 0.274 e. The van der Waals surface area contributed by atoms with Crippen molar-refractivity contribution < 1.29 is 4.92 Å². The molecule has 0 amide bonds. The molecule has 0 spiro atoms. The Labute approximate surface area is 132 Å². The maximum Gasteiger partial charge on any atom is 0.274 e. The highest BCUT2D eigenvalue weighted by Crippen LogP contribution is 2.27. The Hall–Kier alpha value is -1.72. The predicted octanol–water partition coefficient (Wildman–Crippen LogP) is 4.77. The molecule has 0 saturated heterocycles. The lowest BCUT2D eigenvalue weighted by molar-refractivity contribution is -0.385. The number of nitrogens with zero attached hydrogens (tertiary/aromatic N) is 1. The van der Waals surface area contributed by atoms with E-state index >= 15 is 0 Å². The summed E-state index contributed by atoms with van der Waals surface area (Å²) in [5, 5.41) is 14.5. The highest BCUT2D eigenvalue weighted by molar-refractivity contribution is 9.10. The molecule has 5 heteroatoms. The molecule has 0 saturated carbocycles. The second kappa shape index (κ2) is 6.83. The Bertz CT molecular complexity index is 646. The van der Waals surface area contributed by atoms with Crippen molar-refractivity contribution >= 4 is 21.6 Å². The third kappa shape index (κ3) is 3.89. The molecule has 0 heterocycles. The van der Waals surface area contributed by atoms with Crippen LogP contribution in [0.25, 0.3) is 0 Å². The summed E-state index contributed by atoms with van der Waals surface area (Å²) < 4.78 is 1.02. The molecule has 2 aromatic rings. The van der Waals surface area contributed by atoms with Crippen LogP contribution in [0.15, 0.2) is 53.0 Å². The van der Waals surface area contributed by atoms with Gasteiger partial charge in [0, 0.05) is 28.2 Å². The van der Waals surface area contributed by atoms with Gasteiger partial charge in [0.1, 0.15) is 0 Å². The summed E-state index contributed by atoms with van der Waals surface area (Å²) in [5.74, 6) is 0. The Morgan fingerprint density at radius 2 is 1.81 bits per heavy atom. The van der Waals surface area contributed by atoms with Gasteiger partial charge in [-0.1, -0.05) is 46.3 Å². The zero-order valence-electron chi connectivity index (χ0n) is 11.9. The van der Waals surface area contributed by atoms with Gasteiger partial charge in [0.25, 0.3) is 5.69 Å². The lowest BCUT2D eigenvalue weighted by Crippen LogP contribution is -2.23. The van der Waals surface area contributed by atoms with E-state index in [9.17, 15) is 10.1 Å². The number of nitro groups is 1. The van der Waals surface area contributed by atoms with Gasteiger partial charge >= 0.3 is 0 Å². The van der Waals surface area contributed by atoms with Gasteiger partial charge in [0.05, 0.1) is 4.92 Å². The lowest BCUT2D eigenvalue weighted by Gasteiger charge is -2.21. The molecular weight excluding hydrogens is 332 g/mol. The van der Waals surface area contributed by atoms with E-state index in [0.29, 0.717) is 5.56 Å². The van der Waals surface area contributed by atoms with Crippen molar-refractivity contribution in [2.24, 2.45) is 0 Å². The summed E-state index contributed by atoms with van der Waals surface area (Å²) >= 11 is 3.46. The molecule has 0 aliphatic heterocycles. The number of nitrogens with one attached hydrogen (secondary N) is 1. The summed E-state index contributed by atoms with van der Waals surface area (Å²) in [7, 11) is 0. The first-order valence-corrected chi connectivity index (χ1v) is 7.53. The van der Waals surface area contributed by atoms with Crippen LogP contribution in [0.5, 0.6) is 0 Å². The Kier molecular flexibility index (Phi) is 5.09. The van der Waals surface area contributed by atoms with Crippen LogP contribution < -0.4 is 5.32 Å². The van der Waals surface area contributed by atoms with E-state index in [1.807, 2.05) is 44.2 Å². The fraction of sp³-hybridized carbons (Fsp3) is 0.250. The first-order chi connectivity index (χ1) is 9.99. The van der Waals surface area contributed by atoms with Gasteiger partial charge in [0.2, 0.25) is 0 Å². The minimum absolute atomic E-state index is 0.0947. The van der Waals surface area contributed by atoms with E-state index < -0.39 is 0 Å². The fourth-order valence-corrected chi connectivity index (χ4v) is 2.77. The molecule has 1 N–H and O–H groups in total. The summed E-state index contributed by atoms with van der Waals surface area (Å²) in [5.41, 5.74) is 1.98. The Morgan fingerprint density at radius 1 is 1.10 bits per heavy atom. The van der Waals surface area contributed by atoms with Crippen LogP contribution in [0, 0.1) is 10.1 Å². The van der Waals surface area contributed by atoms with E-state index in [2.05, 4.69) is 21.2 Å². The second-order valence-corrected chi connectivity index (χ2v) is 5.90. The highest BCUT2D eigenvalue weighted by Gasteiger charge is 2.19. The standard InChI is InChI=1S/C16H17BrN2O2/c1-11(13-6-5-7-14(17)10-13)18-12(2)15-8-3-4-9-16(15)19(20)21/h3-12,18H,1-2H3. The number of hydrogen-bond donors (Lipinski definition) is 1. The van der Waals surface area contributed by atoms with Gasteiger partial charge in [0.15, 0.2) is 0 Å². The molecule has 2 aromatic carbocycles. The number of benzene rings is 2. The average Bonchev–Trinajstić information content (AvgIpc) is 2.47. The third-order valence-electron chi connectivity index (χ3n) is 3.45. The van der Waals surface area contributed by atoms with Crippen molar-refractivity contribution in [3.05, 3.63) is 74.2 Å². The Morgan fingerprint density at radius 3 is 2.48 bits per heavy atom. The minimum atomic E-state index is -0.336. The molecule has 2 atom stereocenters. The predicted molar refractivity (Wildman–Crippen MR) is 87.2 cm³/mol. The van der Waals surface area contributed by atoms with E-state index in [4.69, 9.17) is 0 Å². The summed E-state index contributed by atoms with van der Waals surface area (Å²) in [6.07, 6.45) is 0. The van der Waals surface area contributed by atoms with Gasteiger partial charge in [-0.05, 0) is 31.5 Å². The molecule has 0 aromatic heterocycles. The van der Waals surface area contributed by atoms with Crippen molar-refractivity contribution in [2.75, 3.05) is 0 Å². The third-order valence-corrected chi connectivity index (χ3v) is 3.94. The van der Waals surface area contributed by atoms with Gasteiger partial charge in [-0.15, -0.1) is 0 Å². The van der Waals surface area contributed by atoms with Crippen molar-refractivity contribution in [1.82, 2.24) is 5.32 Å². The lowest BCUT2D eigenvalue weighted by atomic mass is 10.0. The van der Waals surface area contributed by atoms with Crippen LogP contribution in [-0.2, 0) is 0 Å². The normalized spacial score (nSPS) is 13.7. The van der Waals surface area contributed by atoms with Gasteiger partial charge in [-0.25, -0.2) is 0 Å². The van der Waals surface area contributed by atoms with E-state index in [0.717, 1.165) is 10.0 Å². The van der Waals surface area contributed by atoms with Gasteiger partial charge < -0.3 is 5.32 Å². The maximum atomic E-state index is 11.1. The minimum Gasteiger partial charge on any atom is -0.303 e. The summed E-state index contributed by atoms with van der Waals surface area (Å²) in [6, 6.07) is 14.9. The van der Waals surface area contributed by atoms with Crippen LogP contribution in [-0.4, -0.2) is 4.92 Å². The van der Waals surface area contributed by atoms with Crippen molar-refractivity contribution in [2.45, 2.75) is 25.9 Å². The van der Waals surface area contributed by atoms with Crippen LogP contribution in [0.1, 0.15) is 37.1 Å². The number of para-hydroxylation sites is 1. The first kappa shape index (κ1) is 15.7. The SMILES string of the molecule is CC(NC(C)c1ccccc1[N+](=O)[O-])c1cccc(Br)c1. The fourth-order valence-electron chi connectivity index (χ4n) is 2.36. The first-order valence-electron chi connectivity index (χ1n) is 6.74. The molecule has 2 rings (SSSR count). The van der Waals surface area contributed by atoms with E-state index in [1.54, 1.807) is 12.1 Å². The average molecular weight is 349 g/mol. The van der Waals surface area contributed by atoms with Crippen molar-refractivity contribution in [3.63, 3.8) is 0 Å². The molecule has 0 fully saturated rings. The topological polar surface area (TPSA) is 55.2 Å². The van der Waals surface area contributed by atoms with Crippen LogP contribution in [0.4, 0.5) is 5.69 Å². The van der Waals surface area contributed by atoms with Gasteiger partial charge in [-0.3, -0.25) is 10.1 Å². The maximum absolute atomic E-state index is 11.1. The van der Waals surface area contributed by atoms with Crippen molar-refractivity contribution in [1.29, 1.82) is 0 Å². The summed E-state index contributed by atoms with van der Waals surface area (Å²) in [6.45, 7) is 3.99. The summed E-state index contributed by atoms with van der Waals surface area (Å²) in [4.78, 5) is 10.8. The van der Waals surface area contributed by atoms with Crippen molar-refractivity contribution in [3.8, 4) is 0 Å². The zero-order valence-corrected chi connectivity index (χ0v) is 13.5. The molecule has 4 nitrogen and oxygen atoms in total. The largest absolute Gasteiger partial charge is 0.303 e.